The van der Waals surface area contributed by atoms with Crippen LogP contribution in [0.5, 0.6) is 0 Å². The van der Waals surface area contributed by atoms with Gasteiger partial charge in [0.15, 0.2) is 0 Å². The first kappa shape index (κ1) is 10.2. The van der Waals surface area contributed by atoms with Gasteiger partial charge in [-0.1, -0.05) is 18.2 Å². The Hall–Kier alpha value is -1.94. The molecule has 3 aromatic rings. The van der Waals surface area contributed by atoms with Crippen molar-refractivity contribution in [2.45, 2.75) is 4.90 Å². The van der Waals surface area contributed by atoms with Gasteiger partial charge in [-0.3, -0.25) is 0 Å². The molecule has 4 heteroatoms. The Labute approximate surface area is 104 Å². The number of hydrogen-bond acceptors (Lipinski definition) is 3. The van der Waals surface area contributed by atoms with E-state index >= 15 is 0 Å². The summed E-state index contributed by atoms with van der Waals surface area (Å²) in [6.07, 6.45) is 3.64. The van der Waals surface area contributed by atoms with Crippen molar-refractivity contribution in [1.82, 2.24) is 9.61 Å². The summed E-state index contributed by atoms with van der Waals surface area (Å²) in [6, 6.07) is 11.7. The van der Waals surface area contributed by atoms with Gasteiger partial charge in [0.2, 0.25) is 0 Å². The first-order chi connectivity index (χ1) is 8.27. The lowest BCUT2D eigenvalue weighted by molar-refractivity contribution is 0.923. The standard InChI is InChI=1S/C13H11N3S/c14-10-5-2-1-4-9(10)13-11-6-3-7-16(11)15-8-12(13)17/h1-8,17H,14H2. The fourth-order valence-electron chi connectivity index (χ4n) is 1.98. The van der Waals surface area contributed by atoms with Crippen LogP contribution in [-0.4, -0.2) is 9.61 Å². The van der Waals surface area contributed by atoms with Gasteiger partial charge in [-0.15, -0.1) is 12.6 Å². The van der Waals surface area contributed by atoms with E-state index in [9.17, 15) is 0 Å². The lowest BCUT2D eigenvalue weighted by atomic mass is 10.0. The second-order valence-electron chi connectivity index (χ2n) is 3.83. The molecule has 0 saturated heterocycles. The second kappa shape index (κ2) is 3.82. The minimum absolute atomic E-state index is 0.747. The van der Waals surface area contributed by atoms with Crippen LogP contribution in [0.1, 0.15) is 0 Å². The Morgan fingerprint density at radius 2 is 1.94 bits per heavy atom. The first-order valence-electron chi connectivity index (χ1n) is 5.27. The van der Waals surface area contributed by atoms with Gasteiger partial charge in [0.05, 0.1) is 11.7 Å². The molecule has 2 heterocycles. The third-order valence-corrected chi connectivity index (χ3v) is 3.11. The second-order valence-corrected chi connectivity index (χ2v) is 4.31. The van der Waals surface area contributed by atoms with Crippen LogP contribution in [0.25, 0.3) is 16.6 Å². The van der Waals surface area contributed by atoms with Crippen LogP contribution in [0.4, 0.5) is 5.69 Å². The van der Waals surface area contributed by atoms with E-state index in [-0.39, 0.29) is 0 Å². The molecule has 0 fully saturated rings. The van der Waals surface area contributed by atoms with E-state index in [0.29, 0.717) is 0 Å². The molecule has 17 heavy (non-hydrogen) atoms. The van der Waals surface area contributed by atoms with Gasteiger partial charge in [0, 0.05) is 27.9 Å². The molecule has 2 N–H and O–H groups in total. The summed E-state index contributed by atoms with van der Waals surface area (Å²) in [5.74, 6) is 0. The first-order valence-corrected chi connectivity index (χ1v) is 5.72. The van der Waals surface area contributed by atoms with Crippen molar-refractivity contribution in [2.75, 3.05) is 5.73 Å². The van der Waals surface area contributed by atoms with E-state index in [1.54, 1.807) is 6.20 Å². The molecule has 0 atom stereocenters. The van der Waals surface area contributed by atoms with E-state index in [1.165, 1.54) is 0 Å². The minimum atomic E-state index is 0.747. The summed E-state index contributed by atoms with van der Waals surface area (Å²) < 4.78 is 1.82. The lowest BCUT2D eigenvalue weighted by Crippen LogP contribution is -1.96. The fourth-order valence-corrected chi connectivity index (χ4v) is 2.27. The van der Waals surface area contributed by atoms with Crippen LogP contribution in [-0.2, 0) is 0 Å². The van der Waals surface area contributed by atoms with Gasteiger partial charge in [0.1, 0.15) is 0 Å². The van der Waals surface area contributed by atoms with Crippen LogP contribution in [0.3, 0.4) is 0 Å². The molecule has 1 aromatic carbocycles. The number of hydrogen-bond donors (Lipinski definition) is 2. The zero-order chi connectivity index (χ0) is 11.8. The summed E-state index contributed by atoms with van der Waals surface area (Å²) in [4.78, 5) is 0.828. The van der Waals surface area contributed by atoms with Gasteiger partial charge in [0.25, 0.3) is 0 Å². The van der Waals surface area contributed by atoms with Crippen LogP contribution in [0.2, 0.25) is 0 Å². The van der Waals surface area contributed by atoms with Crippen molar-refractivity contribution >= 4 is 23.8 Å². The number of fused-ring (bicyclic) bond motifs is 1. The Kier molecular flexibility index (Phi) is 2.30. The van der Waals surface area contributed by atoms with E-state index in [2.05, 4.69) is 17.7 Å². The predicted molar refractivity (Wildman–Crippen MR) is 72.3 cm³/mol. The SMILES string of the molecule is Nc1ccccc1-c1c(S)cnn2cccc12. The Balaban J connectivity index is 2.40. The summed E-state index contributed by atoms with van der Waals surface area (Å²) in [6.45, 7) is 0. The Bertz CT molecular complexity index is 688. The molecule has 84 valence electrons. The molecule has 0 aliphatic carbocycles. The monoisotopic (exact) mass is 241 g/mol. The number of thiol groups is 1. The molecule has 3 nitrogen and oxygen atoms in total. The average molecular weight is 241 g/mol. The van der Waals surface area contributed by atoms with Gasteiger partial charge >= 0.3 is 0 Å². The van der Waals surface area contributed by atoms with E-state index in [0.717, 1.165) is 27.2 Å². The highest BCUT2D eigenvalue weighted by atomic mass is 32.1. The zero-order valence-corrected chi connectivity index (χ0v) is 9.93. The number of benzene rings is 1. The average Bonchev–Trinajstić information content (AvgIpc) is 2.79. The number of para-hydroxylation sites is 1. The van der Waals surface area contributed by atoms with E-state index in [1.807, 2.05) is 47.1 Å². The van der Waals surface area contributed by atoms with Crippen LogP contribution in [0, 0.1) is 0 Å². The van der Waals surface area contributed by atoms with E-state index in [4.69, 9.17) is 5.73 Å². The van der Waals surface area contributed by atoms with Crippen molar-refractivity contribution in [3.05, 3.63) is 48.8 Å². The fraction of sp³-hybridized carbons (Fsp3) is 0. The quantitative estimate of drug-likeness (QED) is 0.508. The van der Waals surface area contributed by atoms with Crippen molar-refractivity contribution < 1.29 is 0 Å². The highest BCUT2D eigenvalue weighted by Gasteiger charge is 2.10. The number of nitrogens with zero attached hydrogens (tertiary/aromatic N) is 2. The highest BCUT2D eigenvalue weighted by molar-refractivity contribution is 7.80. The summed E-state index contributed by atoms with van der Waals surface area (Å²) >= 11 is 4.48. The molecule has 0 unspecified atom stereocenters. The van der Waals surface area contributed by atoms with Crippen LogP contribution < -0.4 is 5.73 Å². The number of nitrogens with two attached hydrogens (primary N) is 1. The molecule has 0 aliphatic heterocycles. The molecule has 0 spiro atoms. The van der Waals surface area contributed by atoms with Crippen LogP contribution in [0.15, 0.2) is 53.7 Å². The summed E-state index contributed by atoms with van der Waals surface area (Å²) in [7, 11) is 0. The maximum Gasteiger partial charge on any atom is 0.0736 e. The summed E-state index contributed by atoms with van der Waals surface area (Å²) in [5, 5.41) is 4.26. The van der Waals surface area contributed by atoms with E-state index < -0.39 is 0 Å². The van der Waals surface area contributed by atoms with Crippen molar-refractivity contribution in [1.29, 1.82) is 0 Å². The number of rotatable bonds is 1. The van der Waals surface area contributed by atoms with Crippen LogP contribution >= 0.6 is 12.6 Å². The molecule has 3 rings (SSSR count). The molecule has 0 saturated carbocycles. The molecule has 0 radical (unpaired) electrons. The topological polar surface area (TPSA) is 43.3 Å². The molecule has 0 amide bonds. The normalized spacial score (nSPS) is 10.9. The number of anilines is 1. The number of nitrogen functional groups attached to an aromatic ring is 1. The van der Waals surface area contributed by atoms with Crippen molar-refractivity contribution in [3.8, 4) is 11.1 Å². The molecular formula is C13H11N3S. The smallest absolute Gasteiger partial charge is 0.0736 e. The third-order valence-electron chi connectivity index (χ3n) is 2.78. The van der Waals surface area contributed by atoms with Crippen molar-refractivity contribution in [3.63, 3.8) is 0 Å². The predicted octanol–water partition coefficient (Wildman–Crippen LogP) is 2.87. The maximum atomic E-state index is 6.02. The molecule has 0 aliphatic rings. The lowest BCUT2D eigenvalue weighted by Gasteiger charge is -2.10. The van der Waals surface area contributed by atoms with Gasteiger partial charge in [-0.2, -0.15) is 5.10 Å². The van der Waals surface area contributed by atoms with Crippen molar-refractivity contribution in [2.24, 2.45) is 0 Å². The molecular weight excluding hydrogens is 230 g/mol. The minimum Gasteiger partial charge on any atom is -0.398 e. The Morgan fingerprint density at radius 3 is 2.76 bits per heavy atom. The zero-order valence-electron chi connectivity index (χ0n) is 9.04. The maximum absolute atomic E-state index is 6.02. The van der Waals surface area contributed by atoms with Gasteiger partial charge in [-0.05, 0) is 18.2 Å². The molecule has 0 bridgehead atoms. The number of aromatic nitrogens is 2. The summed E-state index contributed by atoms with van der Waals surface area (Å²) in [5.41, 5.74) is 9.78. The Morgan fingerprint density at radius 1 is 1.12 bits per heavy atom. The third kappa shape index (κ3) is 1.57. The largest absolute Gasteiger partial charge is 0.398 e. The van der Waals surface area contributed by atoms with Gasteiger partial charge < -0.3 is 5.73 Å². The highest BCUT2D eigenvalue weighted by Crippen LogP contribution is 2.33. The van der Waals surface area contributed by atoms with Gasteiger partial charge in [-0.25, -0.2) is 4.52 Å². The molecule has 2 aromatic heterocycles.